The summed E-state index contributed by atoms with van der Waals surface area (Å²) in [6.07, 6.45) is 2.78. The Morgan fingerprint density at radius 1 is 1.69 bits per heavy atom. The standard InChI is InChI=1S/C9H13N3O/c1-2-3-4-7-8(13)6(5-10)9(11)12-7/h7,13H,2-4H2,1H3,(H2,11,12). The molecule has 70 valence electrons. The molecule has 0 aromatic carbocycles. The molecule has 0 fully saturated rings. The smallest absolute Gasteiger partial charge is 0.140 e. The fourth-order valence-corrected chi connectivity index (χ4v) is 1.30. The lowest BCUT2D eigenvalue weighted by Gasteiger charge is -2.05. The van der Waals surface area contributed by atoms with E-state index in [0.717, 1.165) is 19.3 Å². The number of nitriles is 1. The van der Waals surface area contributed by atoms with E-state index in [4.69, 9.17) is 11.0 Å². The SMILES string of the molecule is CCCCC1N=C(N)C(C#N)=C1O. The van der Waals surface area contributed by atoms with Gasteiger partial charge in [0.2, 0.25) is 0 Å². The van der Waals surface area contributed by atoms with Crippen LogP contribution in [0.1, 0.15) is 26.2 Å². The van der Waals surface area contributed by atoms with E-state index in [1.165, 1.54) is 0 Å². The van der Waals surface area contributed by atoms with Crippen molar-refractivity contribution < 1.29 is 5.11 Å². The first-order valence-electron chi connectivity index (χ1n) is 4.37. The highest BCUT2D eigenvalue weighted by atomic mass is 16.3. The molecular formula is C9H13N3O. The molecular weight excluding hydrogens is 166 g/mol. The number of unbranched alkanes of at least 4 members (excludes halogenated alkanes) is 1. The summed E-state index contributed by atoms with van der Waals surface area (Å²) in [6, 6.07) is 1.56. The summed E-state index contributed by atoms with van der Waals surface area (Å²) in [5, 5.41) is 18.1. The maximum atomic E-state index is 9.51. The lowest BCUT2D eigenvalue weighted by Crippen LogP contribution is -2.11. The Kier molecular flexibility index (Phi) is 2.91. The van der Waals surface area contributed by atoms with Gasteiger partial charge in [0, 0.05) is 0 Å². The van der Waals surface area contributed by atoms with Crippen LogP contribution in [0.3, 0.4) is 0 Å². The van der Waals surface area contributed by atoms with E-state index >= 15 is 0 Å². The Labute approximate surface area is 77.4 Å². The van der Waals surface area contributed by atoms with Crippen molar-refractivity contribution in [3.05, 3.63) is 11.3 Å². The second-order valence-corrected chi connectivity index (χ2v) is 3.04. The molecule has 0 aromatic heterocycles. The number of nitrogens with two attached hydrogens (primary N) is 1. The van der Waals surface area contributed by atoms with Gasteiger partial charge in [-0.1, -0.05) is 19.8 Å². The van der Waals surface area contributed by atoms with Crippen LogP contribution in [0.5, 0.6) is 0 Å². The summed E-state index contributed by atoms with van der Waals surface area (Å²) in [4.78, 5) is 4.01. The number of rotatable bonds is 3. The van der Waals surface area contributed by atoms with E-state index in [-0.39, 0.29) is 23.2 Å². The highest BCUT2D eigenvalue weighted by Gasteiger charge is 2.25. The molecule has 1 aliphatic heterocycles. The molecule has 0 bridgehead atoms. The minimum atomic E-state index is -0.283. The molecule has 1 rings (SSSR count). The summed E-state index contributed by atoms with van der Waals surface area (Å²) in [5.41, 5.74) is 5.59. The number of nitrogens with zero attached hydrogens (tertiary/aromatic N) is 2. The predicted octanol–water partition coefficient (Wildman–Crippen LogP) is 1.25. The third kappa shape index (κ3) is 1.81. The molecule has 0 amide bonds. The van der Waals surface area contributed by atoms with Crippen LogP contribution >= 0.6 is 0 Å². The third-order valence-corrected chi connectivity index (χ3v) is 2.07. The maximum Gasteiger partial charge on any atom is 0.140 e. The van der Waals surface area contributed by atoms with Crippen LogP contribution in [0.25, 0.3) is 0 Å². The van der Waals surface area contributed by atoms with Gasteiger partial charge >= 0.3 is 0 Å². The van der Waals surface area contributed by atoms with Gasteiger partial charge in [-0.3, -0.25) is 4.99 Å². The molecule has 4 heteroatoms. The topological polar surface area (TPSA) is 82.4 Å². The number of aliphatic imine (C=N–C) groups is 1. The van der Waals surface area contributed by atoms with E-state index in [1.807, 2.05) is 6.07 Å². The third-order valence-electron chi connectivity index (χ3n) is 2.07. The Hall–Kier alpha value is -1.50. The molecule has 1 unspecified atom stereocenters. The Morgan fingerprint density at radius 3 is 2.85 bits per heavy atom. The van der Waals surface area contributed by atoms with Gasteiger partial charge in [0.25, 0.3) is 0 Å². The second kappa shape index (κ2) is 3.94. The van der Waals surface area contributed by atoms with Crippen molar-refractivity contribution in [2.24, 2.45) is 10.7 Å². The zero-order chi connectivity index (χ0) is 9.84. The van der Waals surface area contributed by atoms with Crippen molar-refractivity contribution in [1.82, 2.24) is 0 Å². The first kappa shape index (κ1) is 9.59. The molecule has 0 aromatic rings. The summed E-state index contributed by atoms with van der Waals surface area (Å²) in [6.45, 7) is 2.06. The minimum Gasteiger partial charge on any atom is -0.508 e. The molecule has 4 nitrogen and oxygen atoms in total. The van der Waals surface area contributed by atoms with Crippen LogP contribution in [-0.2, 0) is 0 Å². The molecule has 0 saturated carbocycles. The lowest BCUT2D eigenvalue weighted by molar-refractivity contribution is 0.361. The van der Waals surface area contributed by atoms with Crippen molar-refractivity contribution in [2.45, 2.75) is 32.2 Å². The monoisotopic (exact) mass is 179 g/mol. The number of aliphatic hydroxyl groups excluding tert-OH is 1. The first-order valence-corrected chi connectivity index (χ1v) is 4.37. The van der Waals surface area contributed by atoms with Gasteiger partial charge in [-0.2, -0.15) is 5.26 Å². The Bertz CT molecular complexity index is 298. The average Bonchev–Trinajstić information content (AvgIpc) is 2.38. The maximum absolute atomic E-state index is 9.51. The van der Waals surface area contributed by atoms with Crippen LogP contribution in [0.2, 0.25) is 0 Å². The second-order valence-electron chi connectivity index (χ2n) is 3.04. The normalized spacial score (nSPS) is 21.5. The van der Waals surface area contributed by atoms with Crippen LogP contribution in [0.15, 0.2) is 16.3 Å². The van der Waals surface area contributed by atoms with Crippen molar-refractivity contribution >= 4 is 5.84 Å². The molecule has 0 radical (unpaired) electrons. The van der Waals surface area contributed by atoms with Gasteiger partial charge in [0.1, 0.15) is 29.3 Å². The molecule has 13 heavy (non-hydrogen) atoms. The minimum absolute atomic E-state index is 0.0356. The number of hydrogen-bond donors (Lipinski definition) is 2. The quantitative estimate of drug-likeness (QED) is 0.684. The Morgan fingerprint density at radius 2 is 2.38 bits per heavy atom. The van der Waals surface area contributed by atoms with Crippen molar-refractivity contribution in [3.8, 4) is 6.07 Å². The summed E-state index contributed by atoms with van der Waals surface area (Å²) in [7, 11) is 0. The van der Waals surface area contributed by atoms with E-state index in [2.05, 4.69) is 11.9 Å². The number of amidine groups is 1. The molecule has 1 heterocycles. The fraction of sp³-hybridized carbons (Fsp3) is 0.556. The van der Waals surface area contributed by atoms with E-state index in [1.54, 1.807) is 0 Å². The average molecular weight is 179 g/mol. The van der Waals surface area contributed by atoms with E-state index in [9.17, 15) is 5.11 Å². The van der Waals surface area contributed by atoms with E-state index in [0.29, 0.717) is 0 Å². The molecule has 1 aliphatic rings. The molecule has 1 atom stereocenters. The van der Waals surface area contributed by atoms with Crippen LogP contribution in [-0.4, -0.2) is 17.0 Å². The van der Waals surface area contributed by atoms with Crippen LogP contribution in [0.4, 0.5) is 0 Å². The van der Waals surface area contributed by atoms with Crippen LogP contribution in [0, 0.1) is 11.3 Å². The van der Waals surface area contributed by atoms with Gasteiger partial charge < -0.3 is 10.8 Å². The number of hydrogen-bond acceptors (Lipinski definition) is 4. The summed E-state index contributed by atoms with van der Waals surface area (Å²) in [5.74, 6) is 0.203. The zero-order valence-corrected chi connectivity index (χ0v) is 7.62. The van der Waals surface area contributed by atoms with Gasteiger partial charge in [-0.25, -0.2) is 0 Å². The van der Waals surface area contributed by atoms with Gasteiger partial charge in [0.05, 0.1) is 0 Å². The number of aliphatic hydroxyl groups is 1. The van der Waals surface area contributed by atoms with Crippen molar-refractivity contribution in [1.29, 1.82) is 5.26 Å². The molecule has 3 N–H and O–H groups in total. The molecule has 0 spiro atoms. The van der Waals surface area contributed by atoms with Gasteiger partial charge in [-0.05, 0) is 6.42 Å². The Balaban J connectivity index is 2.73. The summed E-state index contributed by atoms with van der Waals surface area (Å²) < 4.78 is 0. The highest BCUT2D eigenvalue weighted by molar-refractivity contribution is 6.03. The fourth-order valence-electron chi connectivity index (χ4n) is 1.30. The van der Waals surface area contributed by atoms with E-state index < -0.39 is 0 Å². The van der Waals surface area contributed by atoms with Gasteiger partial charge in [-0.15, -0.1) is 0 Å². The van der Waals surface area contributed by atoms with Crippen molar-refractivity contribution in [2.75, 3.05) is 0 Å². The highest BCUT2D eigenvalue weighted by Crippen LogP contribution is 2.21. The summed E-state index contributed by atoms with van der Waals surface area (Å²) >= 11 is 0. The van der Waals surface area contributed by atoms with Crippen LogP contribution < -0.4 is 5.73 Å². The molecule has 0 saturated heterocycles. The lowest BCUT2D eigenvalue weighted by atomic mass is 10.1. The first-order chi connectivity index (χ1) is 6.20. The molecule has 0 aliphatic carbocycles. The van der Waals surface area contributed by atoms with Crippen molar-refractivity contribution in [3.63, 3.8) is 0 Å². The predicted molar refractivity (Wildman–Crippen MR) is 50.2 cm³/mol. The zero-order valence-electron chi connectivity index (χ0n) is 7.62. The largest absolute Gasteiger partial charge is 0.508 e. The van der Waals surface area contributed by atoms with Gasteiger partial charge in [0.15, 0.2) is 0 Å².